The number of aromatic amines is 1. The third-order valence-corrected chi connectivity index (χ3v) is 4.38. The average Bonchev–Trinajstić information content (AvgIpc) is 2.98. The van der Waals surface area contributed by atoms with Crippen LogP contribution in [-0.4, -0.2) is 27.0 Å². The molecule has 0 spiro atoms. The first kappa shape index (κ1) is 17.0. The quantitative estimate of drug-likeness (QED) is 0.426. The largest absolute Gasteiger partial charge is 0.480 e. The molecule has 0 amide bonds. The van der Waals surface area contributed by atoms with E-state index in [1.807, 2.05) is 24.3 Å². The fourth-order valence-corrected chi connectivity index (χ4v) is 3.04. The molecule has 8 heteroatoms. The number of nitrogens with zero attached hydrogens (tertiary/aromatic N) is 1. The van der Waals surface area contributed by atoms with Crippen molar-refractivity contribution in [3.63, 3.8) is 0 Å². The van der Waals surface area contributed by atoms with E-state index in [1.54, 1.807) is 12.3 Å². The molecule has 3 rings (SSSR count). The molecular formula is C17H14BrN3O4. The number of aromatic nitrogens is 1. The highest BCUT2D eigenvalue weighted by Gasteiger charge is 2.23. The highest BCUT2D eigenvalue weighted by Crippen LogP contribution is 2.29. The number of hydrogen-bond donors (Lipinski definition) is 3. The summed E-state index contributed by atoms with van der Waals surface area (Å²) in [6.07, 6.45) is 1.95. The summed E-state index contributed by atoms with van der Waals surface area (Å²) in [5.74, 6) is -1.08. The van der Waals surface area contributed by atoms with Crippen molar-refractivity contribution in [3.8, 4) is 0 Å². The van der Waals surface area contributed by atoms with Crippen LogP contribution in [0.3, 0.4) is 0 Å². The third kappa shape index (κ3) is 3.63. The summed E-state index contributed by atoms with van der Waals surface area (Å²) in [5, 5.41) is 24.5. The van der Waals surface area contributed by atoms with Crippen molar-refractivity contribution in [1.82, 2.24) is 4.98 Å². The van der Waals surface area contributed by atoms with E-state index in [1.165, 1.54) is 12.1 Å². The van der Waals surface area contributed by atoms with Gasteiger partial charge in [0.2, 0.25) is 0 Å². The summed E-state index contributed by atoms with van der Waals surface area (Å²) in [7, 11) is 0. The average molecular weight is 404 g/mol. The molecule has 0 bridgehead atoms. The maximum Gasteiger partial charge on any atom is 0.326 e. The first-order chi connectivity index (χ1) is 12.0. The smallest absolute Gasteiger partial charge is 0.326 e. The second-order valence-corrected chi connectivity index (χ2v) is 6.43. The summed E-state index contributed by atoms with van der Waals surface area (Å²) >= 11 is 3.18. The number of nitrogens with one attached hydrogen (secondary N) is 2. The van der Waals surface area contributed by atoms with Crippen LogP contribution in [0.4, 0.5) is 11.4 Å². The van der Waals surface area contributed by atoms with Crippen molar-refractivity contribution in [2.75, 3.05) is 5.32 Å². The fraction of sp³-hybridized carbons (Fsp3) is 0.118. The van der Waals surface area contributed by atoms with Crippen LogP contribution in [0, 0.1) is 10.1 Å². The van der Waals surface area contributed by atoms with Crippen molar-refractivity contribution in [2.24, 2.45) is 0 Å². The number of carboxylic acids is 1. The highest BCUT2D eigenvalue weighted by atomic mass is 79.9. The molecule has 0 aliphatic heterocycles. The molecule has 0 aliphatic carbocycles. The van der Waals surface area contributed by atoms with E-state index >= 15 is 0 Å². The summed E-state index contributed by atoms with van der Waals surface area (Å²) in [4.78, 5) is 25.4. The van der Waals surface area contributed by atoms with Crippen LogP contribution in [0.5, 0.6) is 0 Å². The number of nitro benzene ring substituents is 1. The number of H-pyrrole nitrogens is 1. The zero-order chi connectivity index (χ0) is 18.0. The lowest BCUT2D eigenvalue weighted by Gasteiger charge is -2.15. The van der Waals surface area contributed by atoms with Crippen LogP contribution >= 0.6 is 15.9 Å². The predicted octanol–water partition coefficient (Wildman–Crippen LogP) is 3.95. The normalized spacial score (nSPS) is 12.0. The van der Waals surface area contributed by atoms with Crippen molar-refractivity contribution in [3.05, 3.63) is 68.8 Å². The zero-order valence-corrected chi connectivity index (χ0v) is 14.5. The van der Waals surface area contributed by atoms with E-state index < -0.39 is 16.9 Å². The second-order valence-electron chi connectivity index (χ2n) is 5.52. The minimum Gasteiger partial charge on any atom is -0.480 e. The number of hydrogen-bond acceptors (Lipinski definition) is 4. The third-order valence-electron chi connectivity index (χ3n) is 3.88. The van der Waals surface area contributed by atoms with Gasteiger partial charge < -0.3 is 15.4 Å². The highest BCUT2D eigenvalue weighted by molar-refractivity contribution is 9.10. The van der Waals surface area contributed by atoms with Crippen molar-refractivity contribution in [2.45, 2.75) is 12.5 Å². The van der Waals surface area contributed by atoms with E-state index in [0.29, 0.717) is 4.47 Å². The second kappa shape index (κ2) is 6.94. The Bertz CT molecular complexity index is 954. The van der Waals surface area contributed by atoms with Crippen molar-refractivity contribution in [1.29, 1.82) is 0 Å². The van der Waals surface area contributed by atoms with Gasteiger partial charge in [-0.2, -0.15) is 0 Å². The summed E-state index contributed by atoms with van der Waals surface area (Å²) in [6, 6.07) is 11.0. The van der Waals surface area contributed by atoms with Crippen LogP contribution in [0.25, 0.3) is 10.9 Å². The molecule has 1 atom stereocenters. The predicted molar refractivity (Wildman–Crippen MR) is 97.8 cm³/mol. The Balaban J connectivity index is 1.90. The van der Waals surface area contributed by atoms with E-state index in [4.69, 9.17) is 0 Å². The number of anilines is 1. The van der Waals surface area contributed by atoms with Gasteiger partial charge in [-0.3, -0.25) is 10.1 Å². The van der Waals surface area contributed by atoms with Crippen LogP contribution in [0.2, 0.25) is 0 Å². The number of para-hydroxylation sites is 1. The van der Waals surface area contributed by atoms with Gasteiger partial charge in [0.1, 0.15) is 11.7 Å². The van der Waals surface area contributed by atoms with Crippen molar-refractivity contribution < 1.29 is 14.8 Å². The Labute approximate surface area is 151 Å². The molecule has 0 saturated carbocycles. The molecule has 0 aliphatic rings. The number of carboxylic acid groups (broad SMARTS) is 1. The maximum absolute atomic E-state index is 11.7. The van der Waals surface area contributed by atoms with E-state index in [2.05, 4.69) is 26.2 Å². The first-order valence-electron chi connectivity index (χ1n) is 7.44. The molecule has 0 radical (unpaired) electrons. The van der Waals surface area contributed by atoms with Gasteiger partial charge in [-0.1, -0.05) is 34.1 Å². The summed E-state index contributed by atoms with van der Waals surface area (Å²) in [6.45, 7) is 0. The fourth-order valence-electron chi connectivity index (χ4n) is 2.69. The Morgan fingerprint density at radius 1 is 1.32 bits per heavy atom. The minimum absolute atomic E-state index is 0.167. The first-order valence-corrected chi connectivity index (χ1v) is 8.23. The van der Waals surface area contributed by atoms with Crippen LogP contribution in [0.15, 0.2) is 53.1 Å². The number of aliphatic carboxylic acids is 1. The van der Waals surface area contributed by atoms with E-state index in [-0.39, 0.29) is 17.8 Å². The van der Waals surface area contributed by atoms with Gasteiger partial charge in [0, 0.05) is 34.1 Å². The molecule has 128 valence electrons. The van der Waals surface area contributed by atoms with Gasteiger partial charge in [0.25, 0.3) is 5.69 Å². The SMILES string of the molecule is O=C(O)C(Cc1c[nH]c2ccccc12)Nc1ccc(Br)cc1[N+](=O)[O-]. The molecule has 3 N–H and O–H groups in total. The molecular weight excluding hydrogens is 390 g/mol. The molecule has 3 aromatic rings. The topological polar surface area (TPSA) is 108 Å². The Morgan fingerprint density at radius 2 is 2.08 bits per heavy atom. The van der Waals surface area contributed by atoms with E-state index in [9.17, 15) is 20.0 Å². The number of nitro groups is 1. The molecule has 1 unspecified atom stereocenters. The maximum atomic E-state index is 11.7. The van der Waals surface area contributed by atoms with Crippen LogP contribution in [-0.2, 0) is 11.2 Å². The molecule has 1 heterocycles. The number of fused-ring (bicyclic) bond motifs is 1. The van der Waals surface area contributed by atoms with Gasteiger partial charge in [0.15, 0.2) is 0 Å². The lowest BCUT2D eigenvalue weighted by atomic mass is 10.0. The molecule has 2 aromatic carbocycles. The Hall–Kier alpha value is -2.87. The van der Waals surface area contributed by atoms with Gasteiger partial charge in [-0.05, 0) is 23.8 Å². The number of benzene rings is 2. The van der Waals surface area contributed by atoms with Crippen LogP contribution < -0.4 is 5.32 Å². The monoisotopic (exact) mass is 403 g/mol. The molecule has 0 saturated heterocycles. The summed E-state index contributed by atoms with van der Waals surface area (Å²) in [5.41, 5.74) is 1.73. The minimum atomic E-state index is -1.08. The zero-order valence-electron chi connectivity index (χ0n) is 12.9. The van der Waals surface area contributed by atoms with Gasteiger partial charge >= 0.3 is 5.97 Å². The Kier molecular flexibility index (Phi) is 4.71. The van der Waals surface area contributed by atoms with Gasteiger partial charge in [-0.15, -0.1) is 0 Å². The van der Waals surface area contributed by atoms with E-state index in [0.717, 1.165) is 16.5 Å². The molecule has 1 aromatic heterocycles. The standard InChI is InChI=1S/C17H14BrN3O4/c18-11-5-6-14(16(8-11)21(24)25)20-15(17(22)23)7-10-9-19-13-4-2-1-3-12(10)13/h1-6,8-9,15,19-20H,7H2,(H,22,23). The molecule has 0 fully saturated rings. The molecule has 7 nitrogen and oxygen atoms in total. The molecule has 25 heavy (non-hydrogen) atoms. The van der Waals surface area contributed by atoms with Gasteiger partial charge in [0.05, 0.1) is 4.92 Å². The van der Waals surface area contributed by atoms with Gasteiger partial charge in [-0.25, -0.2) is 4.79 Å². The van der Waals surface area contributed by atoms with Crippen molar-refractivity contribution >= 4 is 44.2 Å². The lowest BCUT2D eigenvalue weighted by Crippen LogP contribution is -2.31. The van der Waals surface area contributed by atoms with Crippen LogP contribution in [0.1, 0.15) is 5.56 Å². The number of carbonyl (C=O) groups is 1. The Morgan fingerprint density at radius 3 is 2.80 bits per heavy atom. The number of halogens is 1. The lowest BCUT2D eigenvalue weighted by molar-refractivity contribution is -0.384. The summed E-state index contributed by atoms with van der Waals surface area (Å²) < 4.78 is 0.549. The number of rotatable bonds is 6.